The first kappa shape index (κ1) is 24.5. The van der Waals surface area contributed by atoms with Crippen LogP contribution in [0.25, 0.3) is 0 Å². The number of carbonyl (C=O) groups excluding carboxylic acids is 4. The fourth-order valence-corrected chi connectivity index (χ4v) is 3.63. The number of nitrogens with one attached hydrogen (secondary N) is 2. The molecule has 0 bridgehead atoms. The number of carbonyl (C=O) groups is 4. The first-order valence-electron chi connectivity index (χ1n) is 10.3. The number of urea groups is 1. The van der Waals surface area contributed by atoms with Crippen LogP contribution in [0, 0.1) is 0 Å². The van der Waals surface area contributed by atoms with E-state index >= 15 is 0 Å². The highest BCUT2D eigenvalue weighted by molar-refractivity contribution is 6.32. The van der Waals surface area contributed by atoms with Gasteiger partial charge in [-0.2, -0.15) is 0 Å². The Morgan fingerprint density at radius 3 is 2.32 bits per heavy atom. The summed E-state index contributed by atoms with van der Waals surface area (Å²) in [5.74, 6) is -0.780. The number of rotatable bonds is 10. The van der Waals surface area contributed by atoms with Crippen molar-refractivity contribution in [1.29, 1.82) is 0 Å². The number of likely N-dealkylation sites (N-methyl/N-ethyl adjacent to an activating group) is 1. The molecule has 1 aliphatic heterocycles. The zero-order chi connectivity index (χ0) is 23.2. The molecule has 0 saturated carbocycles. The lowest BCUT2D eigenvalue weighted by atomic mass is 9.93. The molecule has 2 rings (SSSR count). The van der Waals surface area contributed by atoms with Gasteiger partial charge in [-0.3, -0.25) is 19.3 Å². The summed E-state index contributed by atoms with van der Waals surface area (Å²) in [5.41, 5.74) is -0.580. The summed E-state index contributed by atoms with van der Waals surface area (Å²) in [5, 5.41) is 5.51. The highest BCUT2D eigenvalue weighted by Gasteiger charge is 2.49. The molecule has 0 aliphatic carbocycles. The van der Waals surface area contributed by atoms with Crippen LogP contribution in [0.5, 0.6) is 5.75 Å². The standard InChI is InChI=1S/C21H29ClN4O5/c1-5-21(6-2)19(29)26(20(30)24-21)12-17(27)23-14-9-10-16(15(22)11-14)31-13-18(28)25(7-3)8-4/h9-11H,5-8,12-13H2,1-4H3,(H,23,27)(H,24,30). The second-order valence-corrected chi connectivity index (χ2v) is 7.57. The minimum absolute atomic E-state index is 0.143. The van der Waals surface area contributed by atoms with Crippen LogP contribution in [0.15, 0.2) is 18.2 Å². The van der Waals surface area contributed by atoms with E-state index in [-0.39, 0.29) is 17.5 Å². The Morgan fingerprint density at radius 2 is 1.81 bits per heavy atom. The van der Waals surface area contributed by atoms with Crippen LogP contribution in [-0.4, -0.2) is 65.3 Å². The van der Waals surface area contributed by atoms with Crippen LogP contribution < -0.4 is 15.4 Å². The number of hydrogen-bond donors (Lipinski definition) is 2. The van der Waals surface area contributed by atoms with E-state index in [1.165, 1.54) is 6.07 Å². The predicted molar refractivity (Wildman–Crippen MR) is 117 cm³/mol. The Kier molecular flexibility index (Phi) is 8.27. The fraction of sp³-hybridized carbons (Fsp3) is 0.524. The molecule has 1 aromatic carbocycles. The maximum atomic E-state index is 12.6. The summed E-state index contributed by atoms with van der Waals surface area (Å²) in [6.45, 7) is 8.03. The Balaban J connectivity index is 1.97. The van der Waals surface area contributed by atoms with Gasteiger partial charge < -0.3 is 20.3 Å². The lowest BCUT2D eigenvalue weighted by molar-refractivity contribution is -0.134. The zero-order valence-corrected chi connectivity index (χ0v) is 19.0. The number of ether oxygens (including phenoxy) is 1. The van der Waals surface area contributed by atoms with Crippen LogP contribution in [-0.2, 0) is 14.4 Å². The Morgan fingerprint density at radius 1 is 1.16 bits per heavy atom. The van der Waals surface area contributed by atoms with Gasteiger partial charge >= 0.3 is 6.03 Å². The normalized spacial score (nSPS) is 14.9. The minimum atomic E-state index is -0.956. The first-order chi connectivity index (χ1) is 14.7. The van der Waals surface area contributed by atoms with Gasteiger partial charge in [0.05, 0.1) is 5.02 Å². The van der Waals surface area contributed by atoms with Crippen LogP contribution in [0.3, 0.4) is 0 Å². The molecule has 10 heteroatoms. The third-order valence-electron chi connectivity index (χ3n) is 5.44. The summed E-state index contributed by atoms with van der Waals surface area (Å²) >= 11 is 6.21. The highest BCUT2D eigenvalue weighted by Crippen LogP contribution is 2.28. The van der Waals surface area contributed by atoms with Crippen molar-refractivity contribution in [2.75, 3.05) is 31.6 Å². The van der Waals surface area contributed by atoms with Crippen LogP contribution >= 0.6 is 11.6 Å². The quantitative estimate of drug-likeness (QED) is 0.530. The van der Waals surface area contributed by atoms with E-state index in [0.717, 1.165) is 4.90 Å². The molecule has 0 aromatic heterocycles. The van der Waals surface area contributed by atoms with Crippen molar-refractivity contribution in [3.8, 4) is 5.75 Å². The fourth-order valence-electron chi connectivity index (χ4n) is 3.40. The van der Waals surface area contributed by atoms with Gasteiger partial charge in [0.15, 0.2) is 6.61 Å². The molecular weight excluding hydrogens is 424 g/mol. The summed E-state index contributed by atoms with van der Waals surface area (Å²) in [4.78, 5) is 51.8. The van der Waals surface area contributed by atoms with Crippen molar-refractivity contribution >= 4 is 41.0 Å². The number of benzene rings is 1. The maximum Gasteiger partial charge on any atom is 0.325 e. The van der Waals surface area contributed by atoms with Gasteiger partial charge in [0, 0.05) is 18.8 Å². The van der Waals surface area contributed by atoms with Crippen LogP contribution in [0.4, 0.5) is 10.5 Å². The molecule has 1 aliphatic rings. The van der Waals surface area contributed by atoms with Crippen molar-refractivity contribution in [3.63, 3.8) is 0 Å². The Bertz CT molecular complexity index is 852. The SMILES string of the molecule is CCN(CC)C(=O)COc1ccc(NC(=O)CN2C(=O)NC(CC)(CC)C2=O)cc1Cl. The van der Waals surface area contributed by atoms with Gasteiger partial charge in [-0.15, -0.1) is 0 Å². The van der Waals surface area contributed by atoms with E-state index in [4.69, 9.17) is 16.3 Å². The maximum absolute atomic E-state index is 12.6. The molecule has 0 radical (unpaired) electrons. The number of amides is 5. The molecule has 2 N–H and O–H groups in total. The summed E-state index contributed by atoms with van der Waals surface area (Å²) < 4.78 is 5.48. The largest absolute Gasteiger partial charge is 0.482 e. The molecule has 0 unspecified atom stereocenters. The average Bonchev–Trinajstić information content (AvgIpc) is 2.98. The monoisotopic (exact) mass is 452 g/mol. The second kappa shape index (κ2) is 10.5. The van der Waals surface area contributed by atoms with Crippen molar-refractivity contribution in [2.24, 2.45) is 0 Å². The Hall–Kier alpha value is -2.81. The van der Waals surface area contributed by atoms with Gasteiger partial charge in [-0.05, 0) is 44.9 Å². The van der Waals surface area contributed by atoms with E-state index < -0.39 is 29.9 Å². The van der Waals surface area contributed by atoms with Crippen LogP contribution in [0.1, 0.15) is 40.5 Å². The summed E-state index contributed by atoms with van der Waals surface area (Å²) in [6.07, 6.45) is 0.889. The number of hydrogen-bond acceptors (Lipinski definition) is 5. The highest BCUT2D eigenvalue weighted by atomic mass is 35.5. The van der Waals surface area contributed by atoms with E-state index in [2.05, 4.69) is 10.6 Å². The zero-order valence-electron chi connectivity index (χ0n) is 18.3. The number of nitrogens with zero attached hydrogens (tertiary/aromatic N) is 2. The molecule has 170 valence electrons. The smallest absolute Gasteiger partial charge is 0.325 e. The molecule has 31 heavy (non-hydrogen) atoms. The average molecular weight is 453 g/mol. The molecule has 1 fully saturated rings. The van der Waals surface area contributed by atoms with E-state index in [0.29, 0.717) is 37.4 Å². The molecule has 1 aromatic rings. The Labute approximate surface area is 187 Å². The molecule has 5 amide bonds. The summed E-state index contributed by atoms with van der Waals surface area (Å²) in [7, 11) is 0. The topological polar surface area (TPSA) is 108 Å². The van der Waals surface area contributed by atoms with Crippen molar-refractivity contribution in [2.45, 2.75) is 46.1 Å². The molecule has 1 saturated heterocycles. The molecule has 0 spiro atoms. The van der Waals surface area contributed by atoms with Crippen molar-refractivity contribution < 1.29 is 23.9 Å². The van der Waals surface area contributed by atoms with Gasteiger partial charge in [-0.1, -0.05) is 25.4 Å². The number of halogens is 1. The molecule has 9 nitrogen and oxygen atoms in total. The predicted octanol–water partition coefficient (Wildman–Crippen LogP) is 2.64. The van der Waals surface area contributed by atoms with Crippen molar-refractivity contribution in [3.05, 3.63) is 23.2 Å². The van der Waals surface area contributed by atoms with E-state index in [1.54, 1.807) is 17.0 Å². The number of imide groups is 1. The van der Waals surface area contributed by atoms with E-state index in [9.17, 15) is 19.2 Å². The first-order valence-corrected chi connectivity index (χ1v) is 10.7. The molecular formula is C21H29ClN4O5. The van der Waals surface area contributed by atoms with Gasteiger partial charge in [0.1, 0.15) is 17.8 Å². The summed E-state index contributed by atoms with van der Waals surface area (Å²) in [6, 6.07) is 4.00. The third kappa shape index (κ3) is 5.46. The van der Waals surface area contributed by atoms with Crippen LogP contribution in [0.2, 0.25) is 5.02 Å². The minimum Gasteiger partial charge on any atom is -0.482 e. The second-order valence-electron chi connectivity index (χ2n) is 7.16. The van der Waals surface area contributed by atoms with Gasteiger partial charge in [0.25, 0.3) is 11.8 Å². The van der Waals surface area contributed by atoms with E-state index in [1.807, 2.05) is 27.7 Å². The molecule has 0 atom stereocenters. The lowest BCUT2D eigenvalue weighted by Crippen LogP contribution is -2.46. The molecule has 1 heterocycles. The number of anilines is 1. The van der Waals surface area contributed by atoms with Gasteiger partial charge in [0.2, 0.25) is 5.91 Å². The third-order valence-corrected chi connectivity index (χ3v) is 5.73. The van der Waals surface area contributed by atoms with Gasteiger partial charge in [-0.25, -0.2) is 4.79 Å². The van der Waals surface area contributed by atoms with Crippen molar-refractivity contribution in [1.82, 2.24) is 15.1 Å². The lowest BCUT2D eigenvalue weighted by Gasteiger charge is -2.23.